The van der Waals surface area contributed by atoms with Gasteiger partial charge in [-0.1, -0.05) is 0 Å². The fraction of sp³-hybridized carbons (Fsp3) is 0. The van der Waals surface area contributed by atoms with Gasteiger partial charge in [-0.3, -0.25) is 0 Å². The number of hydrogen-bond donors (Lipinski definition) is 1. The molecule has 0 aliphatic heterocycles. The van der Waals surface area contributed by atoms with Gasteiger partial charge in [0.05, 0.1) is 14.8 Å². The van der Waals surface area contributed by atoms with Crippen LogP contribution in [0, 0.1) is 0 Å². The molecule has 1 nitrogen and oxygen atoms in total. The van der Waals surface area contributed by atoms with Crippen LogP contribution >= 0.6 is 0 Å². The molecule has 0 atom stereocenters. The largest absolute Gasteiger partial charge is 0.380 e. The van der Waals surface area contributed by atoms with Gasteiger partial charge in [0.25, 0.3) is 0 Å². The van der Waals surface area contributed by atoms with Crippen LogP contribution in [0.2, 0.25) is 0 Å². The van der Waals surface area contributed by atoms with Crippen LogP contribution in [0.4, 0.5) is 0 Å². The molecule has 8 heteroatoms. The van der Waals surface area contributed by atoms with E-state index in [2.05, 4.69) is 7.74 Å². The fourth-order valence-electron chi connectivity index (χ4n) is 0.748. The molecule has 0 unspecified atom stereocenters. The van der Waals surface area contributed by atoms with Gasteiger partial charge < -0.3 is 5.64 Å². The van der Waals surface area contributed by atoms with E-state index in [1.807, 2.05) is 0 Å². The highest BCUT2D eigenvalue weighted by Gasteiger charge is 1.93. The number of nitrogens with two attached hydrogens (primary N) is 1. The normalized spacial score (nSPS) is 6.62. The zero-order valence-corrected chi connectivity index (χ0v) is 5.82. The Morgan fingerprint density at radius 2 is 1.62 bits per heavy atom. The lowest BCUT2D eigenvalue weighted by atomic mass is 8.96. The van der Waals surface area contributed by atoms with E-state index in [1.165, 1.54) is 35.3 Å². The van der Waals surface area contributed by atoms with Crippen molar-refractivity contribution < 1.29 is 0 Å². The molecule has 0 spiro atoms. The van der Waals surface area contributed by atoms with E-state index in [4.69, 9.17) is 5.64 Å². The number of rotatable bonds is 5. The van der Waals surface area contributed by atoms with Gasteiger partial charge in [0.15, 0.2) is 0 Å². The van der Waals surface area contributed by atoms with Gasteiger partial charge in [-0.2, -0.15) is 0 Å². The summed E-state index contributed by atoms with van der Waals surface area (Å²) in [6.45, 7) is 0. The summed E-state index contributed by atoms with van der Waals surface area (Å²) in [5.41, 5.74) is 5.31. The molecule has 0 aromatic carbocycles. The summed E-state index contributed by atoms with van der Waals surface area (Å²) < 4.78 is 0. The van der Waals surface area contributed by atoms with Crippen molar-refractivity contribution in [1.29, 1.82) is 0 Å². The van der Waals surface area contributed by atoms with Crippen LogP contribution in [0.25, 0.3) is 0 Å². The van der Waals surface area contributed by atoms with E-state index in [0.717, 1.165) is 7.31 Å². The second kappa shape index (κ2) is 7.41. The molecule has 0 rings (SSSR count). The Hall–Kier alpha value is 0.415. The molecule has 36 valence electrons. The third-order valence-electron chi connectivity index (χ3n) is 1.31. The monoisotopic (exact) mass is 101 g/mol. The molecule has 0 aliphatic rings. The molecule has 0 aromatic heterocycles. The fourth-order valence-corrected chi connectivity index (χ4v) is 0.748. The Bertz CT molecular complexity index is 29.4. The Morgan fingerprint density at radius 1 is 1.00 bits per heavy atom. The smallest absolute Gasteiger partial charge is 0.149 e. The summed E-state index contributed by atoms with van der Waals surface area (Å²) in [5.74, 6) is 0. The summed E-state index contributed by atoms with van der Waals surface area (Å²) in [7, 11) is 9.69. The number of hydrogen-bond acceptors (Lipinski definition) is 1. The van der Waals surface area contributed by atoms with Crippen LogP contribution in [0.5, 0.6) is 0 Å². The zero-order chi connectivity index (χ0) is 6.24. The first-order chi connectivity index (χ1) is 3.91. The van der Waals surface area contributed by atoms with Crippen LogP contribution in [0.1, 0.15) is 0 Å². The molecule has 0 bridgehead atoms. The van der Waals surface area contributed by atoms with E-state index in [0.29, 0.717) is 0 Å². The lowest BCUT2D eigenvalue weighted by Crippen LogP contribution is -2.29. The predicted octanol–water partition coefficient (Wildman–Crippen LogP) is -5.40. The molecule has 0 fully saturated rings. The second-order valence-electron chi connectivity index (χ2n) is 2.20. The van der Waals surface area contributed by atoms with Crippen molar-refractivity contribution in [1.82, 2.24) is 0 Å². The van der Waals surface area contributed by atoms with Gasteiger partial charge in [-0.25, -0.2) is 0 Å². The predicted molar refractivity (Wildman–Crippen MR) is 55.6 cm³/mol. The van der Waals surface area contributed by atoms with Crippen molar-refractivity contribution >= 4 is 50.3 Å². The minimum atomic E-state index is 0.865. The van der Waals surface area contributed by atoms with Crippen molar-refractivity contribution in [2.75, 3.05) is 0 Å². The van der Waals surface area contributed by atoms with Crippen LogP contribution < -0.4 is 5.64 Å². The molecule has 0 amide bonds. The highest BCUT2D eigenvalue weighted by molar-refractivity contribution is 7.61. The summed E-state index contributed by atoms with van der Waals surface area (Å²) >= 11 is 0. The van der Waals surface area contributed by atoms with Crippen LogP contribution in [0.15, 0.2) is 0 Å². The minimum Gasteiger partial charge on any atom is -0.380 e. The Morgan fingerprint density at radius 3 is 2.12 bits per heavy atom. The van der Waals surface area contributed by atoms with Crippen molar-refractivity contribution in [3.05, 3.63) is 0 Å². The second-order valence-corrected chi connectivity index (χ2v) is 2.20. The average Bonchev–Trinajstić information content (AvgIpc) is 1.81. The molecular weight excluding hydrogens is 89.7 g/mol. The summed E-state index contributed by atoms with van der Waals surface area (Å²) in [6.07, 6.45) is 0. The van der Waals surface area contributed by atoms with Crippen molar-refractivity contribution in [2.45, 2.75) is 0 Å². The Labute approximate surface area is 56.7 Å². The molecule has 0 saturated carbocycles. The highest BCUT2D eigenvalue weighted by atomic mass is 14.3. The molecule has 0 radical (unpaired) electrons. The summed E-state index contributed by atoms with van der Waals surface area (Å²) in [5, 5.41) is 0. The Balaban J connectivity index is 2.53. The molecule has 8 heavy (non-hydrogen) atoms. The van der Waals surface area contributed by atoms with Crippen LogP contribution in [0.3, 0.4) is 0 Å². The maximum absolute atomic E-state index is 5.31. The Kier molecular flexibility index (Phi) is 7.80. The standard InChI is InChI=1S/B7H10N/c1-2-3-4-5-6-7-8/h2-7H,1,8H2. The molecule has 0 saturated heterocycles. The van der Waals surface area contributed by atoms with E-state index in [1.54, 1.807) is 0 Å². The maximum Gasteiger partial charge on any atom is 0.149 e. The van der Waals surface area contributed by atoms with Gasteiger partial charge in [0, 0.05) is 28.2 Å². The van der Waals surface area contributed by atoms with Crippen molar-refractivity contribution in [2.24, 2.45) is 5.64 Å². The first kappa shape index (κ1) is 8.41. The topological polar surface area (TPSA) is 26.0 Å². The molecule has 0 aromatic rings. The highest BCUT2D eigenvalue weighted by Crippen LogP contribution is 1.49. The van der Waals surface area contributed by atoms with E-state index < -0.39 is 0 Å². The van der Waals surface area contributed by atoms with E-state index in [9.17, 15) is 0 Å². The molecule has 0 aliphatic carbocycles. The van der Waals surface area contributed by atoms with Crippen molar-refractivity contribution in [3.63, 3.8) is 0 Å². The van der Waals surface area contributed by atoms with E-state index >= 15 is 0 Å². The van der Waals surface area contributed by atoms with Crippen LogP contribution in [-0.2, 0) is 0 Å². The lowest BCUT2D eigenvalue weighted by Gasteiger charge is -1.84. The molecule has 2 N–H and O–H groups in total. The minimum absolute atomic E-state index is 0.865. The zero-order valence-electron chi connectivity index (χ0n) is 5.82. The lowest BCUT2D eigenvalue weighted by molar-refractivity contribution is 1.98. The van der Waals surface area contributed by atoms with Gasteiger partial charge >= 0.3 is 0 Å². The average molecular weight is 99.8 g/mol. The first-order valence-corrected chi connectivity index (χ1v) is 3.62. The van der Waals surface area contributed by atoms with E-state index in [-0.39, 0.29) is 0 Å². The SMILES string of the molecule is BBBBBBBN. The maximum atomic E-state index is 5.31. The van der Waals surface area contributed by atoms with Gasteiger partial charge in [0.1, 0.15) is 7.31 Å². The van der Waals surface area contributed by atoms with Crippen molar-refractivity contribution in [3.8, 4) is 0 Å². The molecular formula is H10B7N. The third kappa shape index (κ3) is 6.41. The third-order valence-corrected chi connectivity index (χ3v) is 1.31. The van der Waals surface area contributed by atoms with Crippen LogP contribution in [-0.4, -0.2) is 50.3 Å². The van der Waals surface area contributed by atoms with Gasteiger partial charge in [-0.15, -0.1) is 0 Å². The molecule has 0 heterocycles. The summed E-state index contributed by atoms with van der Waals surface area (Å²) in [4.78, 5) is 0. The summed E-state index contributed by atoms with van der Waals surface area (Å²) in [6, 6.07) is 0. The first-order valence-electron chi connectivity index (χ1n) is 3.62. The van der Waals surface area contributed by atoms with Gasteiger partial charge in [0.2, 0.25) is 0 Å². The van der Waals surface area contributed by atoms with Gasteiger partial charge in [-0.05, 0) is 0 Å². The quantitative estimate of drug-likeness (QED) is 0.271.